The molecular weight excluding hydrogens is 186 g/mol. The Bertz CT molecular complexity index is 396. The maximum Gasteiger partial charge on any atom is 0.116 e. The second-order valence-corrected chi connectivity index (χ2v) is 4.05. The third kappa shape index (κ3) is 1.90. The standard InChI is InChI=1S/C13H17NO/c1-9(14-2)12-5-3-4-10-6-7-11(15)8-13(10)12/h5-9,14-15H,3-4H2,1-2H3. The fourth-order valence-electron chi connectivity index (χ4n) is 2.11. The van der Waals surface area contributed by atoms with Crippen molar-refractivity contribution in [3.05, 3.63) is 35.4 Å². The molecule has 0 aliphatic heterocycles. The highest BCUT2D eigenvalue weighted by molar-refractivity contribution is 5.74. The second kappa shape index (κ2) is 4.07. The Morgan fingerprint density at radius 3 is 2.93 bits per heavy atom. The van der Waals surface area contributed by atoms with Gasteiger partial charge in [0.25, 0.3) is 0 Å². The van der Waals surface area contributed by atoms with Crippen LogP contribution in [-0.4, -0.2) is 18.2 Å². The Kier molecular flexibility index (Phi) is 2.78. The number of aromatic hydroxyl groups is 1. The number of likely N-dealkylation sites (N-methyl/N-ethyl adjacent to an activating group) is 1. The molecule has 80 valence electrons. The van der Waals surface area contributed by atoms with Gasteiger partial charge in [0.2, 0.25) is 0 Å². The van der Waals surface area contributed by atoms with Gasteiger partial charge in [0.05, 0.1) is 0 Å². The number of phenolic OH excluding ortho intramolecular Hbond substituents is 1. The molecule has 1 aliphatic carbocycles. The molecule has 0 aromatic heterocycles. The van der Waals surface area contributed by atoms with Gasteiger partial charge in [-0.25, -0.2) is 0 Å². The van der Waals surface area contributed by atoms with Gasteiger partial charge in [0, 0.05) is 6.04 Å². The number of phenols is 1. The van der Waals surface area contributed by atoms with Crippen molar-refractivity contribution in [1.82, 2.24) is 5.32 Å². The van der Waals surface area contributed by atoms with Gasteiger partial charge in [-0.1, -0.05) is 12.1 Å². The molecule has 1 atom stereocenters. The SMILES string of the molecule is CNC(C)C1=CCCc2ccc(O)cc21. The van der Waals surface area contributed by atoms with Gasteiger partial charge < -0.3 is 10.4 Å². The largest absolute Gasteiger partial charge is 0.508 e. The molecule has 0 saturated heterocycles. The normalized spacial score (nSPS) is 16.8. The monoisotopic (exact) mass is 203 g/mol. The van der Waals surface area contributed by atoms with Crippen molar-refractivity contribution >= 4 is 5.57 Å². The molecule has 2 rings (SSSR count). The molecule has 2 nitrogen and oxygen atoms in total. The molecule has 1 aliphatic rings. The summed E-state index contributed by atoms with van der Waals surface area (Å²) < 4.78 is 0. The summed E-state index contributed by atoms with van der Waals surface area (Å²) in [6, 6.07) is 6.01. The summed E-state index contributed by atoms with van der Waals surface area (Å²) in [4.78, 5) is 0. The summed E-state index contributed by atoms with van der Waals surface area (Å²) in [5, 5.41) is 12.8. The Balaban J connectivity index is 2.44. The van der Waals surface area contributed by atoms with E-state index in [-0.39, 0.29) is 0 Å². The van der Waals surface area contributed by atoms with Crippen LogP contribution in [0.25, 0.3) is 5.57 Å². The third-order valence-corrected chi connectivity index (χ3v) is 3.08. The highest BCUT2D eigenvalue weighted by atomic mass is 16.3. The number of hydrogen-bond acceptors (Lipinski definition) is 2. The number of nitrogens with one attached hydrogen (secondary N) is 1. The molecule has 0 fully saturated rings. The first-order valence-corrected chi connectivity index (χ1v) is 5.42. The molecule has 0 heterocycles. The molecule has 0 amide bonds. The molecule has 0 saturated carbocycles. The van der Waals surface area contributed by atoms with Gasteiger partial charge in [-0.05, 0) is 55.6 Å². The van der Waals surface area contributed by atoms with Crippen LogP contribution in [0.15, 0.2) is 24.3 Å². The first-order valence-electron chi connectivity index (χ1n) is 5.42. The van der Waals surface area contributed by atoms with Crippen LogP contribution in [0.2, 0.25) is 0 Å². The number of allylic oxidation sites excluding steroid dienone is 1. The molecule has 15 heavy (non-hydrogen) atoms. The summed E-state index contributed by atoms with van der Waals surface area (Å²) >= 11 is 0. The summed E-state index contributed by atoms with van der Waals surface area (Å²) in [5.74, 6) is 0.352. The van der Waals surface area contributed by atoms with Crippen molar-refractivity contribution in [3.8, 4) is 5.75 Å². The van der Waals surface area contributed by atoms with E-state index in [1.807, 2.05) is 19.2 Å². The molecule has 0 bridgehead atoms. The predicted octanol–water partition coefficient (Wildman–Crippen LogP) is 2.33. The molecule has 1 aromatic carbocycles. The van der Waals surface area contributed by atoms with Gasteiger partial charge in [0.15, 0.2) is 0 Å². The zero-order chi connectivity index (χ0) is 10.8. The fraction of sp³-hybridized carbons (Fsp3) is 0.385. The molecule has 2 heteroatoms. The third-order valence-electron chi connectivity index (χ3n) is 3.08. The van der Waals surface area contributed by atoms with Crippen LogP contribution in [0.4, 0.5) is 0 Å². The zero-order valence-corrected chi connectivity index (χ0v) is 9.25. The van der Waals surface area contributed by atoms with Gasteiger partial charge >= 0.3 is 0 Å². The lowest BCUT2D eigenvalue weighted by atomic mass is 9.87. The number of rotatable bonds is 2. The van der Waals surface area contributed by atoms with Crippen molar-refractivity contribution < 1.29 is 5.11 Å². The molecule has 1 aromatic rings. The van der Waals surface area contributed by atoms with E-state index in [0.29, 0.717) is 11.8 Å². The van der Waals surface area contributed by atoms with E-state index in [1.165, 1.54) is 16.7 Å². The quantitative estimate of drug-likeness (QED) is 0.773. The second-order valence-electron chi connectivity index (χ2n) is 4.05. The van der Waals surface area contributed by atoms with Gasteiger partial charge in [-0.3, -0.25) is 0 Å². The van der Waals surface area contributed by atoms with Crippen molar-refractivity contribution in [2.45, 2.75) is 25.8 Å². The van der Waals surface area contributed by atoms with Gasteiger partial charge in [0.1, 0.15) is 5.75 Å². The van der Waals surface area contributed by atoms with Crippen molar-refractivity contribution in [2.75, 3.05) is 7.05 Å². The lowest BCUT2D eigenvalue weighted by molar-refractivity contribution is 0.474. The molecular formula is C13H17NO. The van der Waals surface area contributed by atoms with Crippen molar-refractivity contribution in [2.24, 2.45) is 0 Å². The van der Waals surface area contributed by atoms with Gasteiger partial charge in [-0.15, -0.1) is 0 Å². The van der Waals surface area contributed by atoms with E-state index in [0.717, 1.165) is 12.8 Å². The zero-order valence-electron chi connectivity index (χ0n) is 9.25. The first kappa shape index (κ1) is 10.2. The van der Waals surface area contributed by atoms with E-state index < -0.39 is 0 Å². The minimum Gasteiger partial charge on any atom is -0.508 e. The van der Waals surface area contributed by atoms with E-state index >= 15 is 0 Å². The summed E-state index contributed by atoms with van der Waals surface area (Å²) in [5.41, 5.74) is 3.84. The fourth-order valence-corrected chi connectivity index (χ4v) is 2.11. The van der Waals surface area contributed by atoms with E-state index in [1.54, 1.807) is 6.07 Å². The maximum atomic E-state index is 9.51. The lowest BCUT2D eigenvalue weighted by Gasteiger charge is -2.22. The molecule has 0 spiro atoms. The van der Waals surface area contributed by atoms with Crippen molar-refractivity contribution in [1.29, 1.82) is 0 Å². The Hall–Kier alpha value is -1.28. The van der Waals surface area contributed by atoms with Crippen LogP contribution < -0.4 is 5.32 Å². The maximum absolute atomic E-state index is 9.51. The lowest BCUT2D eigenvalue weighted by Crippen LogP contribution is -2.24. The Morgan fingerprint density at radius 1 is 1.40 bits per heavy atom. The van der Waals surface area contributed by atoms with Crippen LogP contribution in [0.1, 0.15) is 24.5 Å². The Morgan fingerprint density at radius 2 is 2.20 bits per heavy atom. The van der Waals surface area contributed by atoms with E-state index in [4.69, 9.17) is 0 Å². The van der Waals surface area contributed by atoms with Crippen LogP contribution in [0.3, 0.4) is 0 Å². The van der Waals surface area contributed by atoms with Crippen LogP contribution in [0.5, 0.6) is 5.75 Å². The van der Waals surface area contributed by atoms with Crippen LogP contribution in [0, 0.1) is 0 Å². The van der Waals surface area contributed by atoms with Crippen LogP contribution >= 0.6 is 0 Å². The number of fused-ring (bicyclic) bond motifs is 1. The Labute approximate surface area is 90.6 Å². The minimum atomic E-state index is 0.339. The van der Waals surface area contributed by atoms with Crippen molar-refractivity contribution in [3.63, 3.8) is 0 Å². The van der Waals surface area contributed by atoms with Gasteiger partial charge in [-0.2, -0.15) is 0 Å². The smallest absolute Gasteiger partial charge is 0.116 e. The average Bonchev–Trinajstić information content (AvgIpc) is 2.27. The topological polar surface area (TPSA) is 32.3 Å². The van der Waals surface area contributed by atoms with Crippen LogP contribution in [-0.2, 0) is 6.42 Å². The summed E-state index contributed by atoms with van der Waals surface area (Å²) in [6.45, 7) is 2.14. The highest BCUT2D eigenvalue weighted by Crippen LogP contribution is 2.31. The first-order chi connectivity index (χ1) is 7.22. The summed E-state index contributed by atoms with van der Waals surface area (Å²) in [7, 11) is 1.96. The van der Waals surface area contributed by atoms with E-state index in [9.17, 15) is 5.11 Å². The number of benzene rings is 1. The predicted molar refractivity (Wildman–Crippen MR) is 62.9 cm³/mol. The molecule has 2 N–H and O–H groups in total. The highest BCUT2D eigenvalue weighted by Gasteiger charge is 2.16. The molecule has 0 radical (unpaired) electrons. The molecule has 1 unspecified atom stereocenters. The van der Waals surface area contributed by atoms with E-state index in [2.05, 4.69) is 18.3 Å². The number of aryl methyl sites for hydroxylation is 1. The number of hydrogen-bond donors (Lipinski definition) is 2. The summed E-state index contributed by atoms with van der Waals surface area (Å²) in [6.07, 6.45) is 4.44. The minimum absolute atomic E-state index is 0.339. The average molecular weight is 203 g/mol.